The number of nitrogens with two attached hydrogens (primary N) is 1. The smallest absolute Gasteiger partial charge is 0.237 e. The van der Waals surface area contributed by atoms with Gasteiger partial charge in [0.15, 0.2) is 0 Å². The van der Waals surface area contributed by atoms with Crippen LogP contribution in [0.4, 0.5) is 0 Å². The highest BCUT2D eigenvalue weighted by molar-refractivity contribution is 5.85. The minimum absolute atomic E-state index is 0. The van der Waals surface area contributed by atoms with Crippen molar-refractivity contribution in [3.05, 3.63) is 35.9 Å². The van der Waals surface area contributed by atoms with E-state index in [0.29, 0.717) is 13.0 Å². The topological polar surface area (TPSA) is 55.1 Å². The number of nitrogens with one attached hydrogen (secondary N) is 1. The Morgan fingerprint density at radius 1 is 1.28 bits per heavy atom. The second kappa shape index (κ2) is 7.39. The van der Waals surface area contributed by atoms with Crippen LogP contribution in [0, 0.1) is 5.41 Å². The largest absolute Gasteiger partial charge is 0.354 e. The Labute approximate surface area is 116 Å². The molecule has 0 saturated heterocycles. The van der Waals surface area contributed by atoms with Gasteiger partial charge in [-0.3, -0.25) is 4.79 Å². The maximum Gasteiger partial charge on any atom is 0.237 e. The second-order valence-corrected chi connectivity index (χ2v) is 5.57. The van der Waals surface area contributed by atoms with Crippen LogP contribution in [0.25, 0.3) is 0 Å². The summed E-state index contributed by atoms with van der Waals surface area (Å²) in [6.45, 7) is 6.89. The van der Waals surface area contributed by atoms with Gasteiger partial charge in [-0.05, 0) is 17.4 Å². The van der Waals surface area contributed by atoms with Crippen LogP contribution in [0.15, 0.2) is 30.3 Å². The van der Waals surface area contributed by atoms with Gasteiger partial charge in [-0.15, -0.1) is 12.4 Å². The molecule has 1 aromatic rings. The molecule has 3 nitrogen and oxygen atoms in total. The number of halogens is 1. The highest BCUT2D eigenvalue weighted by Crippen LogP contribution is 2.10. The van der Waals surface area contributed by atoms with Gasteiger partial charge in [0.1, 0.15) is 0 Å². The zero-order chi connectivity index (χ0) is 12.9. The molecule has 0 saturated carbocycles. The van der Waals surface area contributed by atoms with Gasteiger partial charge in [-0.25, -0.2) is 0 Å². The van der Waals surface area contributed by atoms with E-state index in [1.54, 1.807) is 0 Å². The highest BCUT2D eigenvalue weighted by Gasteiger charge is 2.17. The fourth-order valence-electron chi connectivity index (χ4n) is 1.44. The van der Waals surface area contributed by atoms with E-state index in [1.165, 1.54) is 0 Å². The molecule has 3 N–H and O–H groups in total. The summed E-state index contributed by atoms with van der Waals surface area (Å²) in [6.07, 6.45) is 0.580. The monoisotopic (exact) mass is 270 g/mol. The molecular formula is C14H23ClN2O. The second-order valence-electron chi connectivity index (χ2n) is 5.57. The van der Waals surface area contributed by atoms with Crippen LogP contribution in [-0.2, 0) is 11.2 Å². The Morgan fingerprint density at radius 2 is 1.83 bits per heavy atom. The van der Waals surface area contributed by atoms with Gasteiger partial charge >= 0.3 is 0 Å². The van der Waals surface area contributed by atoms with Crippen molar-refractivity contribution in [2.75, 3.05) is 6.54 Å². The molecule has 1 rings (SSSR count). The Hall–Kier alpha value is -1.06. The van der Waals surface area contributed by atoms with Crippen LogP contribution in [0.1, 0.15) is 26.3 Å². The molecular weight excluding hydrogens is 248 g/mol. The average molecular weight is 271 g/mol. The summed E-state index contributed by atoms with van der Waals surface area (Å²) >= 11 is 0. The first-order valence-electron chi connectivity index (χ1n) is 5.96. The van der Waals surface area contributed by atoms with Crippen LogP contribution >= 0.6 is 12.4 Å². The van der Waals surface area contributed by atoms with Crippen molar-refractivity contribution in [1.82, 2.24) is 5.32 Å². The minimum Gasteiger partial charge on any atom is -0.354 e. The fourth-order valence-corrected chi connectivity index (χ4v) is 1.44. The van der Waals surface area contributed by atoms with E-state index < -0.39 is 6.04 Å². The predicted molar refractivity (Wildman–Crippen MR) is 77.8 cm³/mol. The maximum absolute atomic E-state index is 11.8. The van der Waals surface area contributed by atoms with Crippen molar-refractivity contribution >= 4 is 18.3 Å². The molecule has 4 heteroatoms. The summed E-state index contributed by atoms with van der Waals surface area (Å²) in [6, 6.07) is 9.35. The molecule has 0 bridgehead atoms. The maximum atomic E-state index is 11.8. The number of rotatable bonds is 4. The summed E-state index contributed by atoms with van der Waals surface area (Å²) in [7, 11) is 0. The average Bonchev–Trinajstić information content (AvgIpc) is 2.26. The highest BCUT2D eigenvalue weighted by atomic mass is 35.5. The molecule has 0 spiro atoms. The quantitative estimate of drug-likeness (QED) is 0.881. The van der Waals surface area contributed by atoms with Crippen molar-refractivity contribution in [3.8, 4) is 0 Å². The number of carbonyl (C=O) groups excluding carboxylic acids is 1. The van der Waals surface area contributed by atoms with Gasteiger partial charge in [0.2, 0.25) is 5.91 Å². The molecule has 0 fully saturated rings. The molecule has 0 unspecified atom stereocenters. The molecule has 1 atom stereocenters. The lowest BCUT2D eigenvalue weighted by Crippen LogP contribution is -2.44. The van der Waals surface area contributed by atoms with E-state index in [0.717, 1.165) is 5.56 Å². The first-order chi connectivity index (χ1) is 7.88. The Kier molecular flexibility index (Phi) is 6.96. The van der Waals surface area contributed by atoms with Crippen molar-refractivity contribution in [2.24, 2.45) is 11.1 Å². The van der Waals surface area contributed by atoms with Crippen LogP contribution in [0.2, 0.25) is 0 Å². The Morgan fingerprint density at radius 3 is 2.33 bits per heavy atom. The van der Waals surface area contributed by atoms with Crippen LogP contribution in [-0.4, -0.2) is 18.5 Å². The lowest BCUT2D eigenvalue weighted by molar-refractivity contribution is -0.122. The van der Waals surface area contributed by atoms with Crippen molar-refractivity contribution in [1.29, 1.82) is 0 Å². The van der Waals surface area contributed by atoms with E-state index >= 15 is 0 Å². The molecule has 0 radical (unpaired) electrons. The SMILES string of the molecule is CC(C)(C)CNC(=O)[C@@H](N)Cc1ccccc1.Cl. The van der Waals surface area contributed by atoms with E-state index in [4.69, 9.17) is 5.73 Å². The van der Waals surface area contributed by atoms with E-state index in [1.807, 2.05) is 30.3 Å². The van der Waals surface area contributed by atoms with E-state index in [2.05, 4.69) is 26.1 Å². The summed E-state index contributed by atoms with van der Waals surface area (Å²) in [5.41, 5.74) is 7.04. The molecule has 1 amide bonds. The third kappa shape index (κ3) is 6.62. The van der Waals surface area contributed by atoms with Crippen LogP contribution in [0.3, 0.4) is 0 Å². The summed E-state index contributed by atoms with van der Waals surface area (Å²) < 4.78 is 0. The number of amides is 1. The standard InChI is InChI=1S/C14H22N2O.ClH/c1-14(2,3)10-16-13(17)12(15)9-11-7-5-4-6-8-11;/h4-8,12H,9-10,15H2,1-3H3,(H,16,17);1H/t12-;/m0./s1. The van der Waals surface area contributed by atoms with Crippen LogP contribution in [0.5, 0.6) is 0 Å². The predicted octanol–water partition coefficient (Wildman–Crippen LogP) is 2.14. The number of carbonyl (C=O) groups is 1. The zero-order valence-corrected chi connectivity index (χ0v) is 12.1. The normalized spacial score (nSPS) is 12.4. The minimum atomic E-state index is -0.472. The van der Waals surface area contributed by atoms with Gasteiger partial charge in [-0.1, -0.05) is 51.1 Å². The Bertz CT molecular complexity index is 360. The number of hydrogen-bond donors (Lipinski definition) is 2. The molecule has 0 heterocycles. The third-order valence-electron chi connectivity index (χ3n) is 2.43. The van der Waals surface area contributed by atoms with Gasteiger partial charge in [0.05, 0.1) is 6.04 Å². The number of hydrogen-bond acceptors (Lipinski definition) is 2. The Balaban J connectivity index is 0.00000289. The van der Waals surface area contributed by atoms with Gasteiger partial charge in [0, 0.05) is 6.54 Å². The lowest BCUT2D eigenvalue weighted by Gasteiger charge is -2.20. The molecule has 102 valence electrons. The van der Waals surface area contributed by atoms with Gasteiger partial charge in [0.25, 0.3) is 0 Å². The first kappa shape index (κ1) is 16.9. The molecule has 18 heavy (non-hydrogen) atoms. The van der Waals surface area contributed by atoms with Gasteiger partial charge < -0.3 is 11.1 Å². The van der Waals surface area contributed by atoms with Crippen molar-refractivity contribution in [3.63, 3.8) is 0 Å². The number of benzene rings is 1. The molecule has 0 aliphatic heterocycles. The van der Waals surface area contributed by atoms with Crippen LogP contribution < -0.4 is 11.1 Å². The third-order valence-corrected chi connectivity index (χ3v) is 2.43. The first-order valence-corrected chi connectivity index (χ1v) is 5.96. The van der Waals surface area contributed by atoms with E-state index in [9.17, 15) is 4.79 Å². The lowest BCUT2D eigenvalue weighted by atomic mass is 9.96. The van der Waals surface area contributed by atoms with E-state index in [-0.39, 0.29) is 23.7 Å². The summed E-state index contributed by atoms with van der Waals surface area (Å²) in [5, 5.41) is 2.88. The van der Waals surface area contributed by atoms with Gasteiger partial charge in [-0.2, -0.15) is 0 Å². The molecule has 0 aliphatic carbocycles. The zero-order valence-electron chi connectivity index (χ0n) is 11.3. The summed E-state index contributed by atoms with van der Waals surface area (Å²) in [5.74, 6) is -0.0798. The van der Waals surface area contributed by atoms with Crippen molar-refractivity contribution < 1.29 is 4.79 Å². The van der Waals surface area contributed by atoms with Crippen molar-refractivity contribution in [2.45, 2.75) is 33.2 Å². The molecule has 0 aliphatic rings. The molecule has 0 aromatic heterocycles. The fraction of sp³-hybridized carbons (Fsp3) is 0.500. The molecule has 1 aromatic carbocycles. The summed E-state index contributed by atoms with van der Waals surface area (Å²) in [4.78, 5) is 11.8.